The molecule has 0 saturated carbocycles. The number of carbonyl (C=O) groups excluding carboxylic acids is 1. The number of carbonyl (C=O) groups is 1. The van der Waals surface area contributed by atoms with Crippen molar-refractivity contribution < 1.29 is 27.8 Å². The summed E-state index contributed by atoms with van der Waals surface area (Å²) in [6.45, 7) is 7.45. The quantitative estimate of drug-likeness (QED) is 0.641. The van der Waals surface area contributed by atoms with Crippen molar-refractivity contribution in [3.05, 3.63) is 23.8 Å². The minimum absolute atomic E-state index is 0.0216. The molecule has 5 atom stereocenters. The van der Waals surface area contributed by atoms with Crippen molar-refractivity contribution in [2.24, 2.45) is 17.8 Å². The summed E-state index contributed by atoms with van der Waals surface area (Å²) < 4.78 is 43.3. The highest BCUT2D eigenvalue weighted by Crippen LogP contribution is 2.38. The van der Waals surface area contributed by atoms with Gasteiger partial charge in [0, 0.05) is 18.5 Å². The van der Waals surface area contributed by atoms with Gasteiger partial charge in [0.15, 0.2) is 0 Å². The van der Waals surface area contributed by atoms with Crippen LogP contribution in [-0.4, -0.2) is 25.0 Å². The van der Waals surface area contributed by atoms with Crippen LogP contribution in [0.5, 0.6) is 5.75 Å². The molecule has 0 bridgehead atoms. The Balaban J connectivity index is 2.18. The molecule has 0 spiro atoms. The van der Waals surface area contributed by atoms with Gasteiger partial charge in [-0.2, -0.15) is 0 Å². The number of ether oxygens (including phenoxy) is 3. The van der Waals surface area contributed by atoms with E-state index in [-0.39, 0.29) is 47.5 Å². The van der Waals surface area contributed by atoms with E-state index in [9.17, 15) is 13.6 Å². The van der Waals surface area contributed by atoms with Crippen LogP contribution in [0.15, 0.2) is 18.2 Å². The topological polar surface area (TPSA) is 70.8 Å². The number of halogens is 2. The van der Waals surface area contributed by atoms with Gasteiger partial charge in [0.2, 0.25) is 6.29 Å². The predicted molar refractivity (Wildman–Crippen MR) is 89.2 cm³/mol. The molecule has 1 aliphatic rings. The van der Waals surface area contributed by atoms with Crippen molar-refractivity contribution >= 4 is 11.7 Å². The normalized spacial score (nSPS) is 29.5. The van der Waals surface area contributed by atoms with E-state index in [0.29, 0.717) is 0 Å². The summed E-state index contributed by atoms with van der Waals surface area (Å²) in [6.07, 6.45) is -3.78. The predicted octanol–water partition coefficient (Wildman–Crippen LogP) is 3.78. The maximum atomic E-state index is 13.3. The van der Waals surface area contributed by atoms with Crippen molar-refractivity contribution in [2.45, 2.75) is 46.5 Å². The molecule has 1 aromatic carbocycles. The number of esters is 1. The van der Waals surface area contributed by atoms with Crippen LogP contribution in [0.3, 0.4) is 0 Å². The van der Waals surface area contributed by atoms with Crippen molar-refractivity contribution in [1.82, 2.24) is 0 Å². The van der Waals surface area contributed by atoms with Gasteiger partial charge in [-0.25, -0.2) is 8.78 Å². The molecule has 140 valence electrons. The average molecular weight is 357 g/mol. The molecule has 0 aliphatic carbocycles. The minimum Gasteiger partial charge on any atom is -0.464 e. The second-order valence-electron chi connectivity index (χ2n) is 6.64. The van der Waals surface area contributed by atoms with Gasteiger partial charge in [0.05, 0.1) is 11.7 Å². The van der Waals surface area contributed by atoms with E-state index in [1.165, 1.54) is 25.1 Å². The Labute approximate surface area is 146 Å². The summed E-state index contributed by atoms with van der Waals surface area (Å²) in [7, 11) is 0. The van der Waals surface area contributed by atoms with Crippen molar-refractivity contribution in [3.63, 3.8) is 0 Å². The Kier molecular flexibility index (Phi) is 6.21. The molecule has 0 radical (unpaired) electrons. The Hall–Kier alpha value is -1.89. The van der Waals surface area contributed by atoms with Crippen LogP contribution in [0.25, 0.3) is 0 Å². The second-order valence-corrected chi connectivity index (χ2v) is 6.64. The molecule has 1 fully saturated rings. The minimum atomic E-state index is -2.70. The molecule has 0 amide bonds. The van der Waals surface area contributed by atoms with Gasteiger partial charge < -0.3 is 19.9 Å². The molecule has 2 unspecified atom stereocenters. The molecular weight excluding hydrogens is 332 g/mol. The third kappa shape index (κ3) is 4.60. The fraction of sp³-hybridized carbons (Fsp3) is 0.611. The van der Waals surface area contributed by atoms with E-state index in [2.05, 4.69) is 0 Å². The first kappa shape index (κ1) is 19.4. The number of alkyl halides is 2. The molecule has 0 aromatic heterocycles. The maximum Gasteiger partial charge on any atom is 0.302 e. The van der Waals surface area contributed by atoms with Gasteiger partial charge in [0.25, 0.3) is 6.43 Å². The standard InChI is InChI=1S/C18H25F2NO4/c1-9-10(2)16(8-23-12(4)22)25-18(11(9)3)24-15-6-5-13(21)7-14(15)17(19)20/h5-7,9-11,16-18H,8,21H2,1-4H3/t9-,10+,11?,16?,18+/m0/s1. The molecule has 1 heterocycles. The molecule has 1 saturated heterocycles. The maximum absolute atomic E-state index is 13.3. The van der Waals surface area contributed by atoms with Crippen LogP contribution in [0.1, 0.15) is 39.7 Å². The van der Waals surface area contributed by atoms with E-state index in [1.54, 1.807) is 0 Å². The zero-order valence-electron chi connectivity index (χ0n) is 14.9. The number of rotatable bonds is 5. The lowest BCUT2D eigenvalue weighted by atomic mass is 9.79. The summed E-state index contributed by atoms with van der Waals surface area (Å²) in [4.78, 5) is 11.1. The smallest absolute Gasteiger partial charge is 0.302 e. The first-order chi connectivity index (χ1) is 11.7. The summed E-state index contributed by atoms with van der Waals surface area (Å²) >= 11 is 0. The van der Waals surface area contributed by atoms with Gasteiger partial charge in [-0.1, -0.05) is 20.8 Å². The van der Waals surface area contributed by atoms with Crippen LogP contribution in [0, 0.1) is 17.8 Å². The molecular formula is C18H25F2NO4. The lowest BCUT2D eigenvalue weighted by Crippen LogP contribution is -2.49. The van der Waals surface area contributed by atoms with Crippen LogP contribution in [0.2, 0.25) is 0 Å². The van der Waals surface area contributed by atoms with Crippen LogP contribution < -0.4 is 10.5 Å². The Morgan fingerprint density at radius 3 is 2.52 bits per heavy atom. The molecule has 1 aromatic rings. The third-order valence-corrected chi connectivity index (χ3v) is 4.95. The summed E-state index contributed by atoms with van der Waals surface area (Å²) in [5, 5.41) is 0. The Morgan fingerprint density at radius 2 is 1.92 bits per heavy atom. The zero-order valence-corrected chi connectivity index (χ0v) is 14.9. The lowest BCUT2D eigenvalue weighted by molar-refractivity contribution is -0.223. The van der Waals surface area contributed by atoms with Gasteiger partial charge in [-0.05, 0) is 30.0 Å². The van der Waals surface area contributed by atoms with Gasteiger partial charge >= 0.3 is 5.97 Å². The zero-order chi connectivity index (χ0) is 18.7. The largest absolute Gasteiger partial charge is 0.464 e. The van der Waals surface area contributed by atoms with Crippen molar-refractivity contribution in [1.29, 1.82) is 0 Å². The van der Waals surface area contributed by atoms with E-state index in [0.717, 1.165) is 0 Å². The molecule has 5 nitrogen and oxygen atoms in total. The van der Waals surface area contributed by atoms with E-state index in [1.807, 2.05) is 20.8 Å². The first-order valence-electron chi connectivity index (χ1n) is 8.33. The number of hydrogen-bond donors (Lipinski definition) is 1. The van der Waals surface area contributed by atoms with Gasteiger partial charge in [-0.15, -0.1) is 0 Å². The van der Waals surface area contributed by atoms with Crippen molar-refractivity contribution in [3.8, 4) is 5.75 Å². The number of hydrogen-bond acceptors (Lipinski definition) is 5. The monoisotopic (exact) mass is 357 g/mol. The summed E-state index contributed by atoms with van der Waals surface area (Å²) in [6, 6.07) is 4.14. The van der Waals surface area contributed by atoms with Gasteiger partial charge in [0.1, 0.15) is 12.4 Å². The lowest BCUT2D eigenvalue weighted by Gasteiger charge is -2.43. The Bertz CT molecular complexity index is 611. The number of benzene rings is 1. The van der Waals surface area contributed by atoms with E-state index >= 15 is 0 Å². The van der Waals surface area contributed by atoms with Gasteiger partial charge in [-0.3, -0.25) is 4.79 Å². The molecule has 1 aliphatic heterocycles. The fourth-order valence-corrected chi connectivity index (χ4v) is 2.98. The van der Waals surface area contributed by atoms with E-state index in [4.69, 9.17) is 19.9 Å². The van der Waals surface area contributed by atoms with Crippen LogP contribution in [-0.2, 0) is 14.3 Å². The second kappa shape index (κ2) is 7.99. The summed E-state index contributed by atoms with van der Waals surface area (Å²) in [5.41, 5.74) is 5.57. The highest BCUT2D eigenvalue weighted by atomic mass is 19.3. The number of anilines is 1. The number of nitrogen functional groups attached to an aromatic ring is 1. The molecule has 2 N–H and O–H groups in total. The highest BCUT2D eigenvalue weighted by Gasteiger charge is 2.41. The van der Waals surface area contributed by atoms with Crippen LogP contribution in [0.4, 0.5) is 14.5 Å². The Morgan fingerprint density at radius 1 is 1.24 bits per heavy atom. The SMILES string of the molecule is CC(=O)OCC1O[C@@H](Oc2ccc(N)cc2C(F)F)C(C)[C@@H](C)[C@H]1C. The molecule has 25 heavy (non-hydrogen) atoms. The highest BCUT2D eigenvalue weighted by molar-refractivity contribution is 5.65. The third-order valence-electron chi connectivity index (χ3n) is 4.95. The summed E-state index contributed by atoms with van der Waals surface area (Å²) in [5.74, 6) is -0.0305. The average Bonchev–Trinajstić information content (AvgIpc) is 2.55. The molecule has 7 heteroatoms. The first-order valence-corrected chi connectivity index (χ1v) is 8.33. The molecule has 2 rings (SSSR count). The van der Waals surface area contributed by atoms with Crippen LogP contribution >= 0.6 is 0 Å². The fourth-order valence-electron chi connectivity index (χ4n) is 2.98. The number of nitrogens with two attached hydrogens (primary N) is 1. The van der Waals surface area contributed by atoms with E-state index < -0.39 is 18.7 Å². The van der Waals surface area contributed by atoms with Crippen molar-refractivity contribution in [2.75, 3.05) is 12.3 Å².